The zero-order chi connectivity index (χ0) is 14.0. The number of carbonyl (C=O) groups excluding carboxylic acids is 1. The van der Waals surface area contributed by atoms with Gasteiger partial charge in [0.1, 0.15) is 0 Å². The smallest absolute Gasteiger partial charge is 0.254 e. The number of aromatic amines is 1. The summed E-state index contributed by atoms with van der Waals surface area (Å²) < 4.78 is 0. The van der Waals surface area contributed by atoms with Gasteiger partial charge in [-0.15, -0.1) is 0 Å². The highest BCUT2D eigenvalue weighted by molar-refractivity contribution is 5.95. The minimum absolute atomic E-state index is 0.0228. The Kier molecular flexibility index (Phi) is 4.24. The highest BCUT2D eigenvalue weighted by atomic mass is 16.1. The van der Waals surface area contributed by atoms with E-state index in [0.717, 1.165) is 12.1 Å². The maximum absolute atomic E-state index is 12.2. The van der Waals surface area contributed by atoms with Crippen molar-refractivity contribution in [2.75, 3.05) is 13.6 Å². The monoisotopic (exact) mass is 264 g/mol. The van der Waals surface area contributed by atoms with Crippen LogP contribution in [0.4, 0.5) is 0 Å². The highest BCUT2D eigenvalue weighted by Crippen LogP contribution is 2.21. The molecule has 1 saturated heterocycles. The second-order valence-electron chi connectivity index (χ2n) is 5.81. The summed E-state index contributed by atoms with van der Waals surface area (Å²) in [4.78, 5) is 14.5. The number of amides is 1. The standard InChI is InChI=1S/C14H24N4O/c1-9(2)13-12(8-16-17-13)14(19)15-7-11-6-5-10(3)18(11)4/h8-11H,5-7H2,1-4H3,(H,15,19)(H,16,17)/t10-,11-/m0/s1. The predicted octanol–water partition coefficient (Wildman–Crippen LogP) is 1.75. The first-order valence-electron chi connectivity index (χ1n) is 7.04. The largest absolute Gasteiger partial charge is 0.350 e. The number of H-pyrrole nitrogens is 1. The van der Waals surface area contributed by atoms with Crippen LogP contribution in [-0.2, 0) is 0 Å². The van der Waals surface area contributed by atoms with Gasteiger partial charge in [0.2, 0.25) is 0 Å². The third-order valence-corrected chi connectivity index (χ3v) is 4.18. The Morgan fingerprint density at radius 3 is 2.89 bits per heavy atom. The Morgan fingerprint density at radius 1 is 1.58 bits per heavy atom. The summed E-state index contributed by atoms with van der Waals surface area (Å²) in [6.45, 7) is 7.05. The zero-order valence-corrected chi connectivity index (χ0v) is 12.2. The summed E-state index contributed by atoms with van der Waals surface area (Å²) >= 11 is 0. The number of carbonyl (C=O) groups is 1. The Morgan fingerprint density at radius 2 is 2.32 bits per heavy atom. The topological polar surface area (TPSA) is 61.0 Å². The molecule has 1 aliphatic heterocycles. The van der Waals surface area contributed by atoms with Crippen molar-refractivity contribution in [1.82, 2.24) is 20.4 Å². The van der Waals surface area contributed by atoms with Gasteiger partial charge in [-0.2, -0.15) is 5.10 Å². The van der Waals surface area contributed by atoms with E-state index in [-0.39, 0.29) is 11.8 Å². The molecule has 1 aromatic heterocycles. The molecule has 5 nitrogen and oxygen atoms in total. The average Bonchev–Trinajstić information content (AvgIpc) is 2.96. The van der Waals surface area contributed by atoms with Crippen molar-refractivity contribution >= 4 is 5.91 Å². The first kappa shape index (κ1) is 14.1. The van der Waals surface area contributed by atoms with Crippen LogP contribution >= 0.6 is 0 Å². The molecule has 1 fully saturated rings. The molecule has 1 aliphatic rings. The molecule has 0 spiro atoms. The van der Waals surface area contributed by atoms with Gasteiger partial charge in [0.25, 0.3) is 5.91 Å². The third kappa shape index (κ3) is 2.97. The molecule has 2 heterocycles. The molecular weight excluding hydrogens is 240 g/mol. The van der Waals surface area contributed by atoms with Crippen molar-refractivity contribution in [3.05, 3.63) is 17.5 Å². The molecule has 0 saturated carbocycles. The molecule has 2 N–H and O–H groups in total. The van der Waals surface area contributed by atoms with E-state index < -0.39 is 0 Å². The molecule has 2 rings (SSSR count). The van der Waals surface area contributed by atoms with Crippen molar-refractivity contribution in [2.45, 2.75) is 51.6 Å². The summed E-state index contributed by atoms with van der Waals surface area (Å²) in [6.07, 6.45) is 3.98. The Balaban J connectivity index is 1.93. The minimum atomic E-state index is -0.0228. The van der Waals surface area contributed by atoms with Crippen LogP contribution in [0.3, 0.4) is 0 Å². The highest BCUT2D eigenvalue weighted by Gasteiger charge is 2.27. The number of nitrogens with zero attached hydrogens (tertiary/aromatic N) is 2. The summed E-state index contributed by atoms with van der Waals surface area (Å²) in [7, 11) is 2.13. The van der Waals surface area contributed by atoms with E-state index in [2.05, 4.69) is 48.2 Å². The van der Waals surface area contributed by atoms with Crippen LogP contribution < -0.4 is 5.32 Å². The van der Waals surface area contributed by atoms with Gasteiger partial charge < -0.3 is 5.32 Å². The van der Waals surface area contributed by atoms with Crippen LogP contribution in [0.2, 0.25) is 0 Å². The number of nitrogens with one attached hydrogen (secondary N) is 2. The van der Waals surface area contributed by atoms with Gasteiger partial charge >= 0.3 is 0 Å². The minimum Gasteiger partial charge on any atom is -0.350 e. The fourth-order valence-corrected chi connectivity index (χ4v) is 2.67. The molecule has 2 atom stereocenters. The van der Waals surface area contributed by atoms with Crippen LogP contribution in [-0.4, -0.2) is 46.7 Å². The molecule has 0 aromatic carbocycles. The second-order valence-corrected chi connectivity index (χ2v) is 5.81. The van der Waals surface area contributed by atoms with Crippen LogP contribution in [0.5, 0.6) is 0 Å². The first-order chi connectivity index (χ1) is 9.00. The van der Waals surface area contributed by atoms with Crippen molar-refractivity contribution in [3.63, 3.8) is 0 Å². The van der Waals surface area contributed by atoms with Crippen molar-refractivity contribution in [1.29, 1.82) is 0 Å². The fourth-order valence-electron chi connectivity index (χ4n) is 2.67. The van der Waals surface area contributed by atoms with Crippen LogP contribution in [0.1, 0.15) is 55.6 Å². The van der Waals surface area contributed by atoms with Crippen LogP contribution in [0.15, 0.2) is 6.20 Å². The SMILES string of the molecule is CC(C)c1[nH]ncc1C(=O)NC[C@@H]1CC[C@H](C)N1C. The van der Waals surface area contributed by atoms with Gasteiger partial charge in [-0.25, -0.2) is 0 Å². The van der Waals surface area contributed by atoms with Gasteiger partial charge in [-0.3, -0.25) is 14.8 Å². The number of likely N-dealkylation sites (tertiary alicyclic amines) is 1. The number of aromatic nitrogens is 2. The molecule has 0 radical (unpaired) electrons. The van der Waals surface area contributed by atoms with Crippen LogP contribution in [0.25, 0.3) is 0 Å². The van der Waals surface area contributed by atoms with E-state index in [0.29, 0.717) is 24.2 Å². The summed E-state index contributed by atoms with van der Waals surface area (Å²) in [5.74, 6) is 0.253. The van der Waals surface area contributed by atoms with Gasteiger partial charge in [-0.05, 0) is 32.7 Å². The quantitative estimate of drug-likeness (QED) is 0.871. The first-order valence-corrected chi connectivity index (χ1v) is 7.04. The number of hydrogen-bond acceptors (Lipinski definition) is 3. The molecule has 0 unspecified atom stereocenters. The maximum Gasteiger partial charge on any atom is 0.254 e. The lowest BCUT2D eigenvalue weighted by atomic mass is 10.1. The van der Waals surface area contributed by atoms with Gasteiger partial charge in [0.05, 0.1) is 17.5 Å². The molecular formula is C14H24N4O. The second kappa shape index (κ2) is 5.74. The van der Waals surface area contributed by atoms with Crippen molar-refractivity contribution in [2.24, 2.45) is 0 Å². The predicted molar refractivity (Wildman–Crippen MR) is 75.3 cm³/mol. The normalized spacial score (nSPS) is 24.1. The zero-order valence-electron chi connectivity index (χ0n) is 12.2. The summed E-state index contributed by atoms with van der Waals surface area (Å²) in [5, 5.41) is 9.92. The van der Waals surface area contributed by atoms with Gasteiger partial charge in [-0.1, -0.05) is 13.8 Å². The van der Waals surface area contributed by atoms with E-state index in [1.54, 1.807) is 6.20 Å². The fraction of sp³-hybridized carbons (Fsp3) is 0.714. The average molecular weight is 264 g/mol. The molecule has 19 heavy (non-hydrogen) atoms. The van der Waals surface area contributed by atoms with E-state index >= 15 is 0 Å². The summed E-state index contributed by atoms with van der Waals surface area (Å²) in [5.41, 5.74) is 1.58. The van der Waals surface area contributed by atoms with Crippen molar-refractivity contribution in [3.8, 4) is 0 Å². The molecule has 1 aromatic rings. The van der Waals surface area contributed by atoms with Crippen molar-refractivity contribution < 1.29 is 4.79 Å². The summed E-state index contributed by atoms with van der Waals surface area (Å²) in [6, 6.07) is 1.07. The van der Waals surface area contributed by atoms with Crippen LogP contribution in [0, 0.1) is 0 Å². The maximum atomic E-state index is 12.2. The number of hydrogen-bond donors (Lipinski definition) is 2. The molecule has 106 valence electrons. The molecule has 5 heteroatoms. The Bertz CT molecular complexity index is 440. The van der Waals surface area contributed by atoms with E-state index in [9.17, 15) is 4.79 Å². The molecule has 0 bridgehead atoms. The van der Waals surface area contributed by atoms with E-state index in [1.807, 2.05) is 0 Å². The van der Waals surface area contributed by atoms with E-state index in [4.69, 9.17) is 0 Å². The Labute approximate surface area is 114 Å². The van der Waals surface area contributed by atoms with E-state index in [1.165, 1.54) is 6.42 Å². The lowest BCUT2D eigenvalue weighted by molar-refractivity contribution is 0.0940. The van der Waals surface area contributed by atoms with Gasteiger partial charge in [0.15, 0.2) is 0 Å². The van der Waals surface area contributed by atoms with Gasteiger partial charge in [0, 0.05) is 18.6 Å². The number of likely N-dealkylation sites (N-methyl/N-ethyl adjacent to an activating group) is 1. The molecule has 0 aliphatic carbocycles. The lowest BCUT2D eigenvalue weighted by Crippen LogP contribution is -2.40. The molecule has 1 amide bonds. The Hall–Kier alpha value is -1.36. The lowest BCUT2D eigenvalue weighted by Gasteiger charge is -2.23. The number of rotatable bonds is 4. The third-order valence-electron chi connectivity index (χ3n) is 4.18.